The van der Waals surface area contributed by atoms with Crippen molar-refractivity contribution in [2.75, 3.05) is 11.9 Å². The number of aromatic carboxylic acids is 1. The highest BCUT2D eigenvalue weighted by Crippen LogP contribution is 2.14. The third kappa shape index (κ3) is 3.47. The van der Waals surface area contributed by atoms with Gasteiger partial charge in [-0.25, -0.2) is 9.78 Å². The second-order valence-corrected chi connectivity index (χ2v) is 4.13. The van der Waals surface area contributed by atoms with Crippen molar-refractivity contribution in [1.29, 1.82) is 0 Å². The average Bonchev–Trinajstić information content (AvgIpc) is 2.47. The highest BCUT2D eigenvalue weighted by atomic mass is 16.5. The average molecular weight is 272 g/mol. The van der Waals surface area contributed by atoms with Crippen LogP contribution in [0.4, 0.5) is 5.69 Å². The number of carboxylic acids is 1. The number of rotatable bonds is 6. The zero-order valence-electron chi connectivity index (χ0n) is 11.2. The number of carbonyl (C=O) groups is 1. The van der Waals surface area contributed by atoms with Gasteiger partial charge < -0.3 is 15.2 Å². The maximum absolute atomic E-state index is 11.1. The number of carboxylic acid groups (broad SMARTS) is 1. The first kappa shape index (κ1) is 13.9. The Morgan fingerprint density at radius 1 is 1.30 bits per heavy atom. The van der Waals surface area contributed by atoms with Crippen molar-refractivity contribution in [1.82, 2.24) is 4.98 Å². The number of anilines is 1. The van der Waals surface area contributed by atoms with Gasteiger partial charge in [0.15, 0.2) is 0 Å². The van der Waals surface area contributed by atoms with E-state index in [1.807, 2.05) is 19.1 Å². The Morgan fingerprint density at radius 3 is 2.75 bits per heavy atom. The van der Waals surface area contributed by atoms with Crippen LogP contribution in [0, 0.1) is 0 Å². The molecule has 2 rings (SSSR count). The monoisotopic (exact) mass is 272 g/mol. The molecule has 20 heavy (non-hydrogen) atoms. The summed E-state index contributed by atoms with van der Waals surface area (Å²) in [4.78, 5) is 15.2. The van der Waals surface area contributed by atoms with E-state index in [9.17, 15) is 4.79 Å². The van der Waals surface area contributed by atoms with Gasteiger partial charge in [0.05, 0.1) is 24.1 Å². The van der Waals surface area contributed by atoms with Crippen molar-refractivity contribution in [3.05, 3.63) is 53.7 Å². The summed E-state index contributed by atoms with van der Waals surface area (Å²) in [6, 6.07) is 10.5. The van der Waals surface area contributed by atoms with E-state index in [-0.39, 0.29) is 0 Å². The van der Waals surface area contributed by atoms with Gasteiger partial charge in [0.25, 0.3) is 0 Å². The lowest BCUT2D eigenvalue weighted by atomic mass is 10.1. The summed E-state index contributed by atoms with van der Waals surface area (Å²) in [6.07, 6.45) is 1.66. The van der Waals surface area contributed by atoms with Crippen LogP contribution in [0.15, 0.2) is 42.6 Å². The topological polar surface area (TPSA) is 71.5 Å². The van der Waals surface area contributed by atoms with Crippen LogP contribution >= 0.6 is 0 Å². The van der Waals surface area contributed by atoms with Crippen molar-refractivity contribution in [3.63, 3.8) is 0 Å². The van der Waals surface area contributed by atoms with E-state index < -0.39 is 5.97 Å². The third-order valence-corrected chi connectivity index (χ3v) is 2.76. The lowest BCUT2D eigenvalue weighted by molar-refractivity contribution is 0.0696. The van der Waals surface area contributed by atoms with Crippen LogP contribution in [0.3, 0.4) is 0 Å². The minimum atomic E-state index is -0.924. The molecule has 0 unspecified atom stereocenters. The molecule has 5 heteroatoms. The van der Waals surface area contributed by atoms with Crippen LogP contribution in [0.25, 0.3) is 0 Å². The lowest BCUT2D eigenvalue weighted by Crippen LogP contribution is -2.07. The van der Waals surface area contributed by atoms with Gasteiger partial charge in [0.1, 0.15) is 0 Å². The quantitative estimate of drug-likeness (QED) is 0.846. The molecule has 0 amide bonds. The molecule has 1 heterocycles. The second-order valence-electron chi connectivity index (χ2n) is 4.13. The molecule has 0 atom stereocenters. The number of nitrogens with one attached hydrogen (secondary N) is 1. The standard InChI is InChI=1S/C15H16N2O3/c1-2-20-14-8-7-12(10-17-14)16-9-11-5-3-4-6-13(11)15(18)19/h3-8,10,16H,2,9H2,1H3,(H,18,19). The molecule has 2 N–H and O–H groups in total. The van der Waals surface area contributed by atoms with Gasteiger partial charge in [-0.3, -0.25) is 0 Å². The fourth-order valence-corrected chi connectivity index (χ4v) is 1.80. The summed E-state index contributed by atoms with van der Waals surface area (Å²) in [7, 11) is 0. The summed E-state index contributed by atoms with van der Waals surface area (Å²) in [6.45, 7) is 2.90. The molecule has 0 bridgehead atoms. The minimum Gasteiger partial charge on any atom is -0.478 e. The van der Waals surface area contributed by atoms with Gasteiger partial charge in [-0.15, -0.1) is 0 Å². The van der Waals surface area contributed by atoms with Gasteiger partial charge in [-0.2, -0.15) is 0 Å². The molecule has 1 aromatic carbocycles. The van der Waals surface area contributed by atoms with Crippen LogP contribution in [-0.2, 0) is 6.54 Å². The third-order valence-electron chi connectivity index (χ3n) is 2.76. The Kier molecular flexibility index (Phi) is 4.55. The van der Waals surface area contributed by atoms with Gasteiger partial charge in [0, 0.05) is 12.6 Å². The van der Waals surface area contributed by atoms with Crippen LogP contribution in [-0.4, -0.2) is 22.7 Å². The van der Waals surface area contributed by atoms with Gasteiger partial charge in [-0.1, -0.05) is 18.2 Å². The van der Waals surface area contributed by atoms with Crippen molar-refractivity contribution in [2.24, 2.45) is 0 Å². The Balaban J connectivity index is 2.03. The van der Waals surface area contributed by atoms with Crippen molar-refractivity contribution in [2.45, 2.75) is 13.5 Å². The van der Waals surface area contributed by atoms with Gasteiger partial charge in [-0.05, 0) is 24.6 Å². The smallest absolute Gasteiger partial charge is 0.336 e. The van der Waals surface area contributed by atoms with Gasteiger partial charge in [0.2, 0.25) is 5.88 Å². The first-order chi connectivity index (χ1) is 9.70. The maximum Gasteiger partial charge on any atom is 0.336 e. The van der Waals surface area contributed by atoms with Crippen LogP contribution in [0.2, 0.25) is 0 Å². The normalized spacial score (nSPS) is 10.1. The van der Waals surface area contributed by atoms with E-state index in [2.05, 4.69) is 10.3 Å². The Bertz CT molecular complexity index is 582. The number of benzene rings is 1. The molecule has 0 radical (unpaired) electrons. The molecule has 0 aliphatic rings. The molecule has 0 saturated heterocycles. The largest absolute Gasteiger partial charge is 0.478 e. The number of hydrogen-bond donors (Lipinski definition) is 2. The number of pyridine rings is 1. The van der Waals surface area contributed by atoms with Crippen molar-refractivity contribution in [3.8, 4) is 5.88 Å². The molecule has 0 spiro atoms. The maximum atomic E-state index is 11.1. The summed E-state index contributed by atoms with van der Waals surface area (Å²) in [5.41, 5.74) is 1.85. The molecule has 0 fully saturated rings. The number of aromatic nitrogens is 1. The molecular formula is C15H16N2O3. The first-order valence-corrected chi connectivity index (χ1v) is 6.34. The fourth-order valence-electron chi connectivity index (χ4n) is 1.80. The first-order valence-electron chi connectivity index (χ1n) is 6.34. The highest BCUT2D eigenvalue weighted by Gasteiger charge is 2.08. The van der Waals surface area contributed by atoms with E-state index >= 15 is 0 Å². The summed E-state index contributed by atoms with van der Waals surface area (Å²) >= 11 is 0. The van der Waals surface area contributed by atoms with Crippen LogP contribution < -0.4 is 10.1 Å². The minimum absolute atomic E-state index is 0.305. The van der Waals surface area contributed by atoms with Gasteiger partial charge >= 0.3 is 5.97 Å². The van der Waals surface area contributed by atoms with E-state index in [1.54, 1.807) is 30.5 Å². The second kappa shape index (κ2) is 6.56. The zero-order valence-corrected chi connectivity index (χ0v) is 11.2. The number of hydrogen-bond acceptors (Lipinski definition) is 4. The molecule has 0 saturated carbocycles. The molecule has 2 aromatic rings. The van der Waals surface area contributed by atoms with E-state index in [0.29, 0.717) is 24.6 Å². The summed E-state index contributed by atoms with van der Waals surface area (Å²) < 4.78 is 5.26. The Hall–Kier alpha value is -2.56. The molecule has 5 nitrogen and oxygen atoms in total. The lowest BCUT2D eigenvalue weighted by Gasteiger charge is -2.09. The molecule has 0 aliphatic heterocycles. The number of ether oxygens (including phenoxy) is 1. The van der Waals surface area contributed by atoms with Crippen molar-refractivity contribution >= 4 is 11.7 Å². The predicted octanol–water partition coefficient (Wildman–Crippen LogP) is 2.79. The summed E-state index contributed by atoms with van der Waals surface area (Å²) in [5.74, 6) is -0.351. The van der Waals surface area contributed by atoms with E-state index in [4.69, 9.17) is 9.84 Å². The van der Waals surface area contributed by atoms with Crippen LogP contribution in [0.5, 0.6) is 5.88 Å². The SMILES string of the molecule is CCOc1ccc(NCc2ccccc2C(=O)O)cn1. The van der Waals surface area contributed by atoms with Crippen LogP contribution in [0.1, 0.15) is 22.8 Å². The fraction of sp³-hybridized carbons (Fsp3) is 0.200. The molecule has 1 aromatic heterocycles. The highest BCUT2D eigenvalue weighted by molar-refractivity contribution is 5.89. The molecule has 104 valence electrons. The Morgan fingerprint density at radius 2 is 2.10 bits per heavy atom. The van der Waals surface area contributed by atoms with Crippen molar-refractivity contribution < 1.29 is 14.6 Å². The molecule has 0 aliphatic carbocycles. The summed E-state index contributed by atoms with van der Waals surface area (Å²) in [5, 5.41) is 12.2. The molecular weight excluding hydrogens is 256 g/mol. The van der Waals surface area contributed by atoms with E-state index in [1.165, 1.54) is 0 Å². The predicted molar refractivity (Wildman–Crippen MR) is 76.1 cm³/mol. The van der Waals surface area contributed by atoms with E-state index in [0.717, 1.165) is 11.3 Å². The Labute approximate surface area is 117 Å². The zero-order chi connectivity index (χ0) is 14.4. The number of nitrogens with zero attached hydrogens (tertiary/aromatic N) is 1.